The highest BCUT2D eigenvalue weighted by molar-refractivity contribution is 6.18. The molecule has 0 spiro atoms. The van der Waals surface area contributed by atoms with E-state index in [2.05, 4.69) is 19.2 Å². The Morgan fingerprint density at radius 3 is 2.85 bits per heavy atom. The van der Waals surface area contributed by atoms with Crippen molar-refractivity contribution in [2.75, 3.05) is 5.88 Å². The van der Waals surface area contributed by atoms with Crippen molar-refractivity contribution in [1.29, 1.82) is 0 Å². The van der Waals surface area contributed by atoms with E-state index in [1.165, 1.54) is 32.1 Å². The van der Waals surface area contributed by atoms with Crippen molar-refractivity contribution >= 4 is 11.6 Å². The highest BCUT2D eigenvalue weighted by atomic mass is 35.5. The number of nitrogens with one attached hydrogen (secondary N) is 1. The molecule has 1 N–H and O–H groups in total. The van der Waals surface area contributed by atoms with Crippen LogP contribution >= 0.6 is 11.6 Å². The van der Waals surface area contributed by atoms with Crippen LogP contribution in [-0.2, 0) is 0 Å². The molecule has 1 nitrogen and oxygen atoms in total. The molecule has 13 heavy (non-hydrogen) atoms. The summed E-state index contributed by atoms with van der Waals surface area (Å²) in [5, 5.41) is 3.70. The first-order chi connectivity index (χ1) is 6.27. The Morgan fingerprint density at radius 1 is 1.46 bits per heavy atom. The minimum absolute atomic E-state index is 0.666. The van der Waals surface area contributed by atoms with Crippen molar-refractivity contribution in [3.8, 4) is 0 Å². The summed E-state index contributed by atoms with van der Waals surface area (Å²) in [7, 11) is 0. The van der Waals surface area contributed by atoms with Gasteiger partial charge in [0.1, 0.15) is 0 Å². The van der Waals surface area contributed by atoms with E-state index in [-0.39, 0.29) is 0 Å². The van der Waals surface area contributed by atoms with Gasteiger partial charge < -0.3 is 5.32 Å². The van der Waals surface area contributed by atoms with Gasteiger partial charge in [0, 0.05) is 18.0 Å². The minimum Gasteiger partial charge on any atom is -0.311 e. The molecule has 0 bridgehead atoms. The third-order valence-electron chi connectivity index (χ3n) is 3.08. The lowest BCUT2D eigenvalue weighted by Crippen LogP contribution is -2.39. The Balaban J connectivity index is 2.26. The van der Waals surface area contributed by atoms with Gasteiger partial charge in [0.25, 0.3) is 0 Å². The lowest BCUT2D eigenvalue weighted by molar-refractivity contribution is 0.373. The molecular formula is C11H22ClN. The van der Waals surface area contributed by atoms with Gasteiger partial charge in [0.2, 0.25) is 0 Å². The number of hydrogen-bond donors (Lipinski definition) is 1. The molecule has 1 rings (SSSR count). The molecule has 1 aliphatic carbocycles. The van der Waals surface area contributed by atoms with E-state index in [1.54, 1.807) is 0 Å². The molecular weight excluding hydrogens is 182 g/mol. The molecule has 3 atom stereocenters. The fourth-order valence-electron chi connectivity index (χ4n) is 2.32. The standard InChI is InChI=1S/C11H22ClN/c1-3-5-9(2)13-11-7-4-6-10(11)8-12/h9-11,13H,3-8H2,1-2H3. The van der Waals surface area contributed by atoms with Crippen LogP contribution in [0.1, 0.15) is 46.0 Å². The van der Waals surface area contributed by atoms with E-state index < -0.39 is 0 Å². The highest BCUT2D eigenvalue weighted by Gasteiger charge is 2.26. The fraction of sp³-hybridized carbons (Fsp3) is 1.00. The molecule has 0 aromatic rings. The Bertz CT molecular complexity index is 138. The van der Waals surface area contributed by atoms with E-state index in [4.69, 9.17) is 11.6 Å². The molecule has 0 radical (unpaired) electrons. The summed E-state index contributed by atoms with van der Waals surface area (Å²) in [4.78, 5) is 0. The summed E-state index contributed by atoms with van der Waals surface area (Å²) in [5.74, 6) is 1.55. The largest absolute Gasteiger partial charge is 0.311 e. The molecule has 1 saturated carbocycles. The molecule has 0 heterocycles. The van der Waals surface area contributed by atoms with Crippen molar-refractivity contribution in [2.24, 2.45) is 5.92 Å². The van der Waals surface area contributed by atoms with Crippen LogP contribution in [0.2, 0.25) is 0 Å². The third-order valence-corrected chi connectivity index (χ3v) is 3.47. The molecule has 1 aliphatic rings. The smallest absolute Gasteiger partial charge is 0.0266 e. The predicted octanol–water partition coefficient (Wildman–Crippen LogP) is 3.17. The second kappa shape index (κ2) is 5.87. The van der Waals surface area contributed by atoms with Crippen molar-refractivity contribution in [1.82, 2.24) is 5.32 Å². The van der Waals surface area contributed by atoms with Gasteiger partial charge in [-0.25, -0.2) is 0 Å². The number of rotatable bonds is 5. The van der Waals surface area contributed by atoms with Gasteiger partial charge >= 0.3 is 0 Å². The number of hydrogen-bond acceptors (Lipinski definition) is 1. The van der Waals surface area contributed by atoms with Gasteiger partial charge in [0.15, 0.2) is 0 Å². The molecule has 3 unspecified atom stereocenters. The van der Waals surface area contributed by atoms with Crippen molar-refractivity contribution in [3.63, 3.8) is 0 Å². The van der Waals surface area contributed by atoms with Crippen molar-refractivity contribution < 1.29 is 0 Å². The SMILES string of the molecule is CCCC(C)NC1CCCC1CCl. The lowest BCUT2D eigenvalue weighted by Gasteiger charge is -2.23. The Morgan fingerprint density at radius 2 is 2.23 bits per heavy atom. The van der Waals surface area contributed by atoms with Crippen LogP contribution in [0.4, 0.5) is 0 Å². The van der Waals surface area contributed by atoms with Crippen LogP contribution in [-0.4, -0.2) is 18.0 Å². The van der Waals surface area contributed by atoms with Crippen molar-refractivity contribution in [2.45, 2.75) is 58.0 Å². The molecule has 1 fully saturated rings. The van der Waals surface area contributed by atoms with Crippen LogP contribution < -0.4 is 5.32 Å². The molecule has 0 aromatic heterocycles. The molecule has 0 aromatic carbocycles. The topological polar surface area (TPSA) is 12.0 Å². The van der Waals surface area contributed by atoms with E-state index in [0.717, 1.165) is 11.8 Å². The van der Waals surface area contributed by atoms with Crippen molar-refractivity contribution in [3.05, 3.63) is 0 Å². The summed E-state index contributed by atoms with van der Waals surface area (Å²) in [6, 6.07) is 1.36. The third kappa shape index (κ3) is 3.47. The van der Waals surface area contributed by atoms with E-state index in [9.17, 15) is 0 Å². The molecule has 0 saturated heterocycles. The summed E-state index contributed by atoms with van der Waals surface area (Å²) in [6.07, 6.45) is 6.55. The maximum absolute atomic E-state index is 5.92. The Kier molecular flexibility index (Phi) is 5.12. The van der Waals surface area contributed by atoms with Gasteiger partial charge in [0.05, 0.1) is 0 Å². The normalized spacial score (nSPS) is 30.7. The zero-order chi connectivity index (χ0) is 9.68. The zero-order valence-corrected chi connectivity index (χ0v) is 9.61. The quantitative estimate of drug-likeness (QED) is 0.677. The second-order valence-corrected chi connectivity index (χ2v) is 4.62. The Labute approximate surface area is 87.2 Å². The molecule has 78 valence electrons. The van der Waals surface area contributed by atoms with Crippen LogP contribution in [0.3, 0.4) is 0 Å². The maximum atomic E-state index is 5.92. The minimum atomic E-state index is 0.666. The number of alkyl halides is 1. The van der Waals surface area contributed by atoms with Crippen LogP contribution in [0, 0.1) is 5.92 Å². The Hall–Kier alpha value is 0.250. The van der Waals surface area contributed by atoms with E-state index >= 15 is 0 Å². The summed E-state index contributed by atoms with van der Waals surface area (Å²) < 4.78 is 0. The number of halogens is 1. The highest BCUT2D eigenvalue weighted by Crippen LogP contribution is 2.27. The first kappa shape index (κ1) is 11.3. The lowest BCUT2D eigenvalue weighted by atomic mass is 10.0. The average molecular weight is 204 g/mol. The summed E-state index contributed by atoms with van der Waals surface area (Å²) in [6.45, 7) is 4.53. The average Bonchev–Trinajstić information content (AvgIpc) is 2.52. The first-order valence-electron chi connectivity index (χ1n) is 5.60. The zero-order valence-electron chi connectivity index (χ0n) is 8.85. The van der Waals surface area contributed by atoms with Crippen LogP contribution in [0.25, 0.3) is 0 Å². The second-order valence-electron chi connectivity index (χ2n) is 4.31. The molecule has 0 amide bonds. The van der Waals surface area contributed by atoms with E-state index in [0.29, 0.717) is 12.1 Å². The van der Waals surface area contributed by atoms with Gasteiger partial charge in [-0.2, -0.15) is 0 Å². The summed E-state index contributed by atoms with van der Waals surface area (Å²) in [5.41, 5.74) is 0. The fourth-order valence-corrected chi connectivity index (χ4v) is 2.69. The summed E-state index contributed by atoms with van der Waals surface area (Å²) >= 11 is 5.92. The van der Waals surface area contributed by atoms with E-state index in [1.807, 2.05) is 0 Å². The maximum Gasteiger partial charge on any atom is 0.0266 e. The van der Waals surface area contributed by atoms with Gasteiger partial charge in [-0.1, -0.05) is 19.8 Å². The molecule has 0 aliphatic heterocycles. The van der Waals surface area contributed by atoms with Crippen LogP contribution in [0.15, 0.2) is 0 Å². The van der Waals surface area contributed by atoms with Gasteiger partial charge in [-0.05, 0) is 32.1 Å². The predicted molar refractivity (Wildman–Crippen MR) is 59.4 cm³/mol. The first-order valence-corrected chi connectivity index (χ1v) is 6.13. The van der Waals surface area contributed by atoms with Gasteiger partial charge in [-0.3, -0.25) is 0 Å². The molecule has 2 heteroatoms. The van der Waals surface area contributed by atoms with Gasteiger partial charge in [-0.15, -0.1) is 11.6 Å². The van der Waals surface area contributed by atoms with Crippen LogP contribution in [0.5, 0.6) is 0 Å². The monoisotopic (exact) mass is 203 g/mol.